The maximum atomic E-state index is 12.1. The number of likely N-dealkylation sites (tertiary alicyclic amines) is 1. The summed E-state index contributed by atoms with van der Waals surface area (Å²) in [5, 5.41) is 2.85. The van der Waals surface area contributed by atoms with Crippen LogP contribution in [0.2, 0.25) is 0 Å². The van der Waals surface area contributed by atoms with Crippen molar-refractivity contribution in [1.29, 1.82) is 0 Å². The van der Waals surface area contributed by atoms with Crippen molar-refractivity contribution in [3.63, 3.8) is 0 Å². The first-order valence-electron chi connectivity index (χ1n) is 6.61. The standard InChI is InChI=1S/C12H22N2O3S/c1-9-5-10(2)7-14(6-9)12(15)13-11-3-4-18(16,17)8-11/h9-11H,3-8H2,1-2H3,(H,13,15). The van der Waals surface area contributed by atoms with Gasteiger partial charge in [-0.15, -0.1) is 0 Å². The van der Waals surface area contributed by atoms with E-state index < -0.39 is 9.84 Å². The van der Waals surface area contributed by atoms with Crippen LogP contribution in [0, 0.1) is 11.8 Å². The number of piperidine rings is 1. The molecule has 5 nitrogen and oxygen atoms in total. The molecule has 3 atom stereocenters. The predicted molar refractivity (Wildman–Crippen MR) is 70.1 cm³/mol. The Bertz CT molecular complexity index is 411. The summed E-state index contributed by atoms with van der Waals surface area (Å²) in [7, 11) is -2.93. The normalized spacial score (nSPS) is 35.4. The molecule has 0 aliphatic carbocycles. The van der Waals surface area contributed by atoms with Gasteiger partial charge in [-0.2, -0.15) is 0 Å². The SMILES string of the molecule is CC1CC(C)CN(C(=O)NC2CCS(=O)(=O)C2)C1. The van der Waals surface area contributed by atoms with Crippen LogP contribution in [-0.2, 0) is 9.84 Å². The number of carbonyl (C=O) groups excluding carboxylic acids is 1. The van der Waals surface area contributed by atoms with Gasteiger partial charge in [-0.3, -0.25) is 0 Å². The maximum absolute atomic E-state index is 12.1. The van der Waals surface area contributed by atoms with Crippen LogP contribution in [0.1, 0.15) is 26.7 Å². The Kier molecular flexibility index (Phi) is 3.84. The van der Waals surface area contributed by atoms with Crippen molar-refractivity contribution >= 4 is 15.9 Å². The van der Waals surface area contributed by atoms with Gasteiger partial charge in [0.2, 0.25) is 0 Å². The van der Waals surface area contributed by atoms with Gasteiger partial charge in [-0.1, -0.05) is 13.8 Å². The summed E-state index contributed by atoms with van der Waals surface area (Å²) in [5.41, 5.74) is 0. The molecule has 2 saturated heterocycles. The number of rotatable bonds is 1. The van der Waals surface area contributed by atoms with E-state index in [4.69, 9.17) is 0 Å². The minimum Gasteiger partial charge on any atom is -0.334 e. The quantitative estimate of drug-likeness (QED) is 0.771. The third-order valence-corrected chi connectivity index (χ3v) is 5.48. The summed E-state index contributed by atoms with van der Waals surface area (Å²) in [6, 6.07) is -0.300. The second-order valence-corrected chi connectivity index (χ2v) is 8.13. The Balaban J connectivity index is 1.88. The van der Waals surface area contributed by atoms with Crippen molar-refractivity contribution in [2.45, 2.75) is 32.7 Å². The number of carbonyl (C=O) groups is 1. The number of urea groups is 1. The van der Waals surface area contributed by atoms with Gasteiger partial charge < -0.3 is 10.2 Å². The Hall–Kier alpha value is -0.780. The van der Waals surface area contributed by atoms with E-state index in [-0.39, 0.29) is 23.6 Å². The Morgan fingerprint density at radius 1 is 1.22 bits per heavy atom. The number of hydrogen-bond acceptors (Lipinski definition) is 3. The van der Waals surface area contributed by atoms with Gasteiger partial charge in [0, 0.05) is 19.1 Å². The second kappa shape index (κ2) is 5.07. The van der Waals surface area contributed by atoms with Crippen LogP contribution >= 0.6 is 0 Å². The Labute approximate surface area is 109 Å². The molecule has 18 heavy (non-hydrogen) atoms. The minimum atomic E-state index is -2.93. The number of sulfone groups is 1. The highest BCUT2D eigenvalue weighted by Gasteiger charge is 2.31. The van der Waals surface area contributed by atoms with Crippen LogP contribution < -0.4 is 5.32 Å². The monoisotopic (exact) mass is 274 g/mol. The molecule has 2 amide bonds. The first kappa shape index (κ1) is 13.6. The van der Waals surface area contributed by atoms with E-state index >= 15 is 0 Å². The lowest BCUT2D eigenvalue weighted by Crippen LogP contribution is -2.50. The molecule has 2 heterocycles. The molecule has 0 aromatic carbocycles. The predicted octanol–water partition coefficient (Wildman–Crippen LogP) is 0.861. The molecule has 0 radical (unpaired) electrons. The van der Waals surface area contributed by atoms with Crippen LogP contribution in [0.5, 0.6) is 0 Å². The van der Waals surface area contributed by atoms with Crippen molar-refractivity contribution in [1.82, 2.24) is 10.2 Å². The molecular weight excluding hydrogens is 252 g/mol. The van der Waals surface area contributed by atoms with E-state index in [1.54, 1.807) is 0 Å². The lowest BCUT2D eigenvalue weighted by Gasteiger charge is -2.35. The van der Waals surface area contributed by atoms with Gasteiger partial charge >= 0.3 is 6.03 Å². The highest BCUT2D eigenvalue weighted by atomic mass is 32.2. The molecule has 0 bridgehead atoms. The van der Waals surface area contributed by atoms with E-state index in [9.17, 15) is 13.2 Å². The molecule has 3 unspecified atom stereocenters. The summed E-state index contributed by atoms with van der Waals surface area (Å²) in [4.78, 5) is 13.9. The van der Waals surface area contributed by atoms with E-state index in [1.807, 2.05) is 4.90 Å². The zero-order valence-electron chi connectivity index (χ0n) is 11.1. The fourth-order valence-electron chi connectivity index (χ4n) is 3.00. The highest BCUT2D eigenvalue weighted by Crippen LogP contribution is 2.21. The van der Waals surface area contributed by atoms with Crippen LogP contribution in [0.15, 0.2) is 0 Å². The summed E-state index contributed by atoms with van der Waals surface area (Å²) in [6.07, 6.45) is 1.70. The highest BCUT2D eigenvalue weighted by molar-refractivity contribution is 7.91. The third kappa shape index (κ3) is 3.37. The molecule has 0 aromatic heterocycles. The maximum Gasteiger partial charge on any atom is 0.317 e. The average molecular weight is 274 g/mol. The number of nitrogens with one attached hydrogen (secondary N) is 1. The van der Waals surface area contributed by atoms with Crippen LogP contribution in [-0.4, -0.2) is 50.0 Å². The lowest BCUT2D eigenvalue weighted by atomic mass is 9.92. The lowest BCUT2D eigenvalue weighted by molar-refractivity contribution is 0.144. The Morgan fingerprint density at radius 3 is 2.33 bits per heavy atom. The molecule has 0 spiro atoms. The third-order valence-electron chi connectivity index (χ3n) is 3.72. The van der Waals surface area contributed by atoms with Gasteiger partial charge in [-0.25, -0.2) is 13.2 Å². The largest absolute Gasteiger partial charge is 0.334 e. The summed E-state index contributed by atoms with van der Waals surface area (Å²) in [5.74, 6) is 1.33. The van der Waals surface area contributed by atoms with E-state index in [0.717, 1.165) is 19.5 Å². The summed E-state index contributed by atoms with van der Waals surface area (Å²) < 4.78 is 22.7. The van der Waals surface area contributed by atoms with Crippen molar-refractivity contribution < 1.29 is 13.2 Å². The zero-order chi connectivity index (χ0) is 13.3. The van der Waals surface area contributed by atoms with E-state index in [1.165, 1.54) is 0 Å². The first-order valence-corrected chi connectivity index (χ1v) is 8.44. The molecule has 2 aliphatic rings. The molecule has 0 aromatic rings. The van der Waals surface area contributed by atoms with Crippen molar-refractivity contribution in [3.05, 3.63) is 0 Å². The van der Waals surface area contributed by atoms with E-state index in [2.05, 4.69) is 19.2 Å². The molecule has 2 aliphatic heterocycles. The molecule has 0 saturated carbocycles. The number of nitrogens with zero attached hydrogens (tertiary/aromatic N) is 1. The van der Waals surface area contributed by atoms with Crippen molar-refractivity contribution in [3.8, 4) is 0 Å². The molecule has 6 heteroatoms. The van der Waals surface area contributed by atoms with Gasteiger partial charge in [0.15, 0.2) is 9.84 Å². The Morgan fingerprint density at radius 2 is 1.83 bits per heavy atom. The molecule has 1 N–H and O–H groups in total. The number of amides is 2. The molecule has 104 valence electrons. The minimum absolute atomic E-state index is 0.0949. The second-order valence-electron chi connectivity index (χ2n) is 5.90. The summed E-state index contributed by atoms with van der Waals surface area (Å²) >= 11 is 0. The smallest absolute Gasteiger partial charge is 0.317 e. The van der Waals surface area contributed by atoms with Crippen LogP contribution in [0.4, 0.5) is 4.79 Å². The van der Waals surface area contributed by atoms with Crippen LogP contribution in [0.3, 0.4) is 0 Å². The van der Waals surface area contributed by atoms with Crippen molar-refractivity contribution in [2.24, 2.45) is 11.8 Å². The van der Waals surface area contributed by atoms with Crippen molar-refractivity contribution in [2.75, 3.05) is 24.6 Å². The fraction of sp³-hybridized carbons (Fsp3) is 0.917. The topological polar surface area (TPSA) is 66.5 Å². The average Bonchev–Trinajstić information content (AvgIpc) is 2.56. The van der Waals surface area contributed by atoms with Gasteiger partial charge in [-0.05, 0) is 24.7 Å². The van der Waals surface area contributed by atoms with E-state index in [0.29, 0.717) is 18.3 Å². The van der Waals surface area contributed by atoms with Gasteiger partial charge in [0.1, 0.15) is 0 Å². The van der Waals surface area contributed by atoms with Crippen LogP contribution in [0.25, 0.3) is 0 Å². The molecule has 2 rings (SSSR count). The first-order chi connectivity index (χ1) is 8.35. The van der Waals surface area contributed by atoms with Gasteiger partial charge in [0.05, 0.1) is 11.5 Å². The fourth-order valence-corrected chi connectivity index (χ4v) is 4.68. The zero-order valence-corrected chi connectivity index (χ0v) is 11.9. The van der Waals surface area contributed by atoms with Gasteiger partial charge in [0.25, 0.3) is 0 Å². The summed E-state index contributed by atoms with van der Waals surface area (Å²) in [6.45, 7) is 5.84. The number of hydrogen-bond donors (Lipinski definition) is 1. The molecule has 2 fully saturated rings. The molecular formula is C12H22N2O3S.